The van der Waals surface area contributed by atoms with E-state index in [0.717, 1.165) is 24.8 Å². The highest BCUT2D eigenvalue weighted by atomic mass is 35.5. The van der Waals surface area contributed by atoms with Crippen LogP contribution in [0.2, 0.25) is 5.02 Å². The summed E-state index contributed by atoms with van der Waals surface area (Å²) in [6.45, 7) is 4.10. The van der Waals surface area contributed by atoms with E-state index >= 15 is 0 Å². The lowest BCUT2D eigenvalue weighted by Crippen LogP contribution is -2.49. The summed E-state index contributed by atoms with van der Waals surface area (Å²) in [6.07, 6.45) is 2.88. The van der Waals surface area contributed by atoms with Gasteiger partial charge in [0.05, 0.1) is 6.42 Å². The Morgan fingerprint density at radius 1 is 1.22 bits per heavy atom. The molecule has 1 heterocycles. The zero-order chi connectivity index (χ0) is 16.7. The van der Waals surface area contributed by atoms with E-state index in [1.165, 1.54) is 0 Å². The Balaban J connectivity index is 1.72. The van der Waals surface area contributed by atoms with Gasteiger partial charge in [0.25, 0.3) is 0 Å². The van der Waals surface area contributed by atoms with Gasteiger partial charge in [0, 0.05) is 30.7 Å². The SMILES string of the molecule is CCCNC(=O)N1CCC(NC(=O)Cc2ccc(Cl)cc2)CC1. The van der Waals surface area contributed by atoms with Crippen LogP contribution < -0.4 is 10.6 Å². The van der Waals surface area contributed by atoms with Gasteiger partial charge < -0.3 is 15.5 Å². The number of nitrogens with zero attached hydrogens (tertiary/aromatic N) is 1. The van der Waals surface area contributed by atoms with Crippen molar-refractivity contribution in [3.05, 3.63) is 34.9 Å². The normalized spacial score (nSPS) is 15.3. The Labute approximate surface area is 142 Å². The molecule has 1 aromatic carbocycles. The van der Waals surface area contributed by atoms with Crippen molar-refractivity contribution in [3.8, 4) is 0 Å². The highest BCUT2D eigenvalue weighted by Gasteiger charge is 2.23. The summed E-state index contributed by atoms with van der Waals surface area (Å²) in [5.41, 5.74) is 0.947. The van der Waals surface area contributed by atoms with Gasteiger partial charge in [0.2, 0.25) is 5.91 Å². The van der Waals surface area contributed by atoms with Crippen molar-refractivity contribution in [1.82, 2.24) is 15.5 Å². The van der Waals surface area contributed by atoms with Gasteiger partial charge >= 0.3 is 6.03 Å². The van der Waals surface area contributed by atoms with Gasteiger partial charge in [-0.05, 0) is 37.0 Å². The van der Waals surface area contributed by atoms with Crippen molar-refractivity contribution in [2.24, 2.45) is 0 Å². The fraction of sp³-hybridized carbons (Fsp3) is 0.529. The zero-order valence-corrected chi connectivity index (χ0v) is 14.2. The third-order valence-corrected chi connectivity index (χ3v) is 4.20. The minimum atomic E-state index is -0.00205. The summed E-state index contributed by atoms with van der Waals surface area (Å²) in [7, 11) is 0. The lowest BCUT2D eigenvalue weighted by Gasteiger charge is -2.32. The Kier molecular flexibility index (Phi) is 6.71. The number of amides is 3. The van der Waals surface area contributed by atoms with Gasteiger partial charge in [-0.3, -0.25) is 4.79 Å². The molecular weight excluding hydrogens is 314 g/mol. The topological polar surface area (TPSA) is 61.4 Å². The van der Waals surface area contributed by atoms with E-state index in [4.69, 9.17) is 11.6 Å². The second-order valence-corrected chi connectivity index (χ2v) is 6.30. The Morgan fingerprint density at radius 2 is 1.87 bits per heavy atom. The molecule has 5 nitrogen and oxygen atoms in total. The van der Waals surface area contributed by atoms with Crippen LogP contribution in [-0.2, 0) is 11.2 Å². The van der Waals surface area contributed by atoms with Crippen molar-refractivity contribution < 1.29 is 9.59 Å². The summed E-state index contributed by atoms with van der Waals surface area (Å²) >= 11 is 5.84. The molecule has 6 heteroatoms. The fourth-order valence-corrected chi connectivity index (χ4v) is 2.76. The third kappa shape index (κ3) is 5.75. The molecule has 1 aliphatic rings. The van der Waals surface area contributed by atoms with Gasteiger partial charge in [-0.2, -0.15) is 0 Å². The van der Waals surface area contributed by atoms with Crippen molar-refractivity contribution >= 4 is 23.5 Å². The number of carbonyl (C=O) groups is 2. The number of nitrogens with one attached hydrogen (secondary N) is 2. The standard InChI is InChI=1S/C17H24ClN3O2/c1-2-9-19-17(23)21-10-7-15(8-11-21)20-16(22)12-13-3-5-14(18)6-4-13/h3-6,15H,2,7-12H2,1H3,(H,19,23)(H,20,22). The van der Waals surface area contributed by atoms with Gasteiger partial charge in [-0.15, -0.1) is 0 Å². The second-order valence-electron chi connectivity index (χ2n) is 5.86. The third-order valence-electron chi connectivity index (χ3n) is 3.95. The maximum Gasteiger partial charge on any atom is 0.317 e. The molecule has 1 aromatic rings. The second kappa shape index (κ2) is 8.77. The van der Waals surface area contributed by atoms with Crippen LogP contribution in [0.1, 0.15) is 31.7 Å². The van der Waals surface area contributed by atoms with Crippen LogP contribution in [0.5, 0.6) is 0 Å². The van der Waals surface area contributed by atoms with E-state index in [1.54, 1.807) is 12.1 Å². The molecule has 0 bridgehead atoms. The van der Waals surface area contributed by atoms with E-state index < -0.39 is 0 Å². The number of piperidine rings is 1. The van der Waals surface area contributed by atoms with Crippen molar-refractivity contribution in [2.75, 3.05) is 19.6 Å². The zero-order valence-electron chi connectivity index (χ0n) is 13.5. The average molecular weight is 338 g/mol. The molecule has 3 amide bonds. The largest absolute Gasteiger partial charge is 0.353 e. The first-order valence-electron chi connectivity index (χ1n) is 8.15. The highest BCUT2D eigenvalue weighted by molar-refractivity contribution is 6.30. The number of urea groups is 1. The summed E-state index contributed by atoms with van der Waals surface area (Å²) < 4.78 is 0. The van der Waals surface area contributed by atoms with Crippen LogP contribution >= 0.6 is 11.6 Å². The molecule has 1 aliphatic heterocycles. The van der Waals surface area contributed by atoms with Gasteiger partial charge in [0.1, 0.15) is 0 Å². The first kappa shape index (κ1) is 17.6. The predicted octanol–water partition coefficient (Wildman–Crippen LogP) is 2.58. The maximum absolute atomic E-state index is 12.1. The van der Waals surface area contributed by atoms with E-state index in [1.807, 2.05) is 24.0 Å². The van der Waals surface area contributed by atoms with Gasteiger partial charge in [0.15, 0.2) is 0 Å². The number of hydrogen-bond donors (Lipinski definition) is 2. The van der Waals surface area contributed by atoms with Gasteiger partial charge in [-0.25, -0.2) is 4.79 Å². The minimum absolute atomic E-state index is 0.00205. The van der Waals surface area contributed by atoms with Crippen LogP contribution in [0.15, 0.2) is 24.3 Å². The number of halogens is 1. The number of hydrogen-bond acceptors (Lipinski definition) is 2. The van der Waals surface area contributed by atoms with Gasteiger partial charge in [-0.1, -0.05) is 30.7 Å². The first-order valence-corrected chi connectivity index (χ1v) is 8.53. The van der Waals surface area contributed by atoms with Crippen molar-refractivity contribution in [2.45, 2.75) is 38.6 Å². The quantitative estimate of drug-likeness (QED) is 0.867. The molecule has 0 spiro atoms. The molecule has 23 heavy (non-hydrogen) atoms. The Morgan fingerprint density at radius 3 is 2.48 bits per heavy atom. The maximum atomic E-state index is 12.1. The summed E-state index contributed by atoms with van der Waals surface area (Å²) in [5.74, 6) is 0.0150. The molecular formula is C17H24ClN3O2. The summed E-state index contributed by atoms with van der Waals surface area (Å²) in [5, 5.41) is 6.61. The van der Waals surface area contributed by atoms with Crippen LogP contribution in [0.4, 0.5) is 4.79 Å². The van der Waals surface area contributed by atoms with E-state index in [-0.39, 0.29) is 18.0 Å². The van der Waals surface area contributed by atoms with E-state index in [9.17, 15) is 9.59 Å². The lowest BCUT2D eigenvalue weighted by atomic mass is 10.0. The van der Waals surface area contributed by atoms with Crippen LogP contribution in [0.25, 0.3) is 0 Å². The smallest absolute Gasteiger partial charge is 0.317 e. The Hall–Kier alpha value is -1.75. The fourth-order valence-electron chi connectivity index (χ4n) is 2.64. The van der Waals surface area contributed by atoms with Crippen molar-refractivity contribution in [1.29, 1.82) is 0 Å². The van der Waals surface area contributed by atoms with Crippen LogP contribution in [-0.4, -0.2) is 42.5 Å². The highest BCUT2D eigenvalue weighted by Crippen LogP contribution is 2.12. The monoisotopic (exact) mass is 337 g/mol. The predicted molar refractivity (Wildman–Crippen MR) is 91.6 cm³/mol. The van der Waals surface area contributed by atoms with E-state index in [2.05, 4.69) is 10.6 Å². The molecule has 0 unspecified atom stereocenters. The van der Waals surface area contributed by atoms with Crippen molar-refractivity contribution in [3.63, 3.8) is 0 Å². The minimum Gasteiger partial charge on any atom is -0.353 e. The van der Waals surface area contributed by atoms with E-state index in [0.29, 0.717) is 31.1 Å². The summed E-state index contributed by atoms with van der Waals surface area (Å²) in [6, 6.07) is 7.45. The molecule has 0 atom stereocenters. The molecule has 1 fully saturated rings. The molecule has 0 aromatic heterocycles. The molecule has 1 saturated heterocycles. The number of likely N-dealkylation sites (tertiary alicyclic amines) is 1. The number of carbonyl (C=O) groups excluding carboxylic acids is 2. The average Bonchev–Trinajstić information content (AvgIpc) is 2.55. The Bertz CT molecular complexity index is 525. The molecule has 0 saturated carbocycles. The number of benzene rings is 1. The molecule has 0 aliphatic carbocycles. The molecule has 126 valence electrons. The van der Waals surface area contributed by atoms with Crippen LogP contribution in [0, 0.1) is 0 Å². The molecule has 0 radical (unpaired) electrons. The molecule has 2 N–H and O–H groups in total. The first-order chi connectivity index (χ1) is 11.1. The molecule has 2 rings (SSSR count). The lowest BCUT2D eigenvalue weighted by molar-refractivity contribution is -0.121. The number of rotatable bonds is 5. The summed E-state index contributed by atoms with van der Waals surface area (Å²) in [4.78, 5) is 25.8. The van der Waals surface area contributed by atoms with Crippen LogP contribution in [0.3, 0.4) is 0 Å².